The van der Waals surface area contributed by atoms with Crippen molar-refractivity contribution in [3.8, 4) is 0 Å². The molecule has 1 amide bonds. The summed E-state index contributed by atoms with van der Waals surface area (Å²) < 4.78 is 0. The Morgan fingerprint density at radius 2 is 1.95 bits per heavy atom. The Hall–Kier alpha value is -1.72. The molecule has 0 aliphatic rings. The van der Waals surface area contributed by atoms with Crippen molar-refractivity contribution in [1.29, 1.82) is 0 Å². The van der Waals surface area contributed by atoms with Crippen LogP contribution in [0.15, 0.2) is 30.3 Å². The van der Waals surface area contributed by atoms with E-state index in [0.29, 0.717) is 0 Å². The van der Waals surface area contributed by atoms with Crippen molar-refractivity contribution in [2.24, 2.45) is 5.73 Å². The van der Waals surface area contributed by atoms with Crippen LogP contribution in [-0.4, -0.2) is 10.9 Å². The molecular weight excluding hydrogens is 270 g/mol. The van der Waals surface area contributed by atoms with Gasteiger partial charge in [0.1, 0.15) is 6.04 Å². The van der Waals surface area contributed by atoms with Gasteiger partial charge in [-0.2, -0.15) is 0 Å². The molecule has 1 aromatic carbocycles. The summed E-state index contributed by atoms with van der Waals surface area (Å²) in [5.74, 6) is -0.172. The van der Waals surface area contributed by atoms with Crippen molar-refractivity contribution < 1.29 is 4.79 Å². The molecule has 2 aromatic rings. The molecule has 0 bridgehead atoms. The van der Waals surface area contributed by atoms with E-state index in [1.807, 2.05) is 51.1 Å². The van der Waals surface area contributed by atoms with Gasteiger partial charge >= 0.3 is 0 Å². The number of benzene rings is 1. The average molecular weight is 289 g/mol. The topological polar surface area (TPSA) is 68.0 Å². The molecule has 106 valence electrons. The second-order valence-corrected chi connectivity index (χ2v) is 6.04. The summed E-state index contributed by atoms with van der Waals surface area (Å²) in [4.78, 5) is 17.7. The maximum atomic E-state index is 12.2. The molecule has 1 heterocycles. The lowest BCUT2D eigenvalue weighted by molar-refractivity contribution is -0.123. The molecule has 0 spiro atoms. The first-order valence-electron chi connectivity index (χ1n) is 6.54. The quantitative estimate of drug-likeness (QED) is 0.909. The first kappa shape index (κ1) is 14.7. The van der Waals surface area contributed by atoms with Crippen molar-refractivity contribution in [2.75, 3.05) is 0 Å². The van der Waals surface area contributed by atoms with E-state index in [0.717, 1.165) is 21.1 Å². The molecule has 3 N–H and O–H groups in total. The predicted octanol–water partition coefficient (Wildman–Crippen LogP) is 2.64. The highest BCUT2D eigenvalue weighted by Crippen LogP contribution is 2.24. The summed E-state index contributed by atoms with van der Waals surface area (Å²) >= 11 is 1.61. The molecule has 0 radical (unpaired) electrons. The Morgan fingerprint density at radius 1 is 1.30 bits per heavy atom. The lowest BCUT2D eigenvalue weighted by Crippen LogP contribution is -2.35. The van der Waals surface area contributed by atoms with Gasteiger partial charge < -0.3 is 11.1 Å². The number of thiazole rings is 1. The fourth-order valence-electron chi connectivity index (χ4n) is 2.13. The fourth-order valence-corrected chi connectivity index (χ4v) is 3.06. The predicted molar refractivity (Wildman–Crippen MR) is 81.5 cm³/mol. The Kier molecular flexibility index (Phi) is 4.52. The van der Waals surface area contributed by atoms with Gasteiger partial charge in [0, 0.05) is 4.88 Å². The normalized spacial score (nSPS) is 13.8. The maximum Gasteiger partial charge on any atom is 0.242 e. The second-order valence-electron chi connectivity index (χ2n) is 4.80. The van der Waals surface area contributed by atoms with E-state index >= 15 is 0 Å². The minimum absolute atomic E-state index is 0.0801. The van der Waals surface area contributed by atoms with Crippen LogP contribution in [0.1, 0.15) is 40.1 Å². The molecule has 0 fully saturated rings. The lowest BCUT2D eigenvalue weighted by Gasteiger charge is -2.17. The number of amides is 1. The number of carbonyl (C=O) groups is 1. The number of nitrogens with zero attached hydrogens (tertiary/aromatic N) is 1. The minimum Gasteiger partial charge on any atom is -0.347 e. The zero-order valence-electron chi connectivity index (χ0n) is 11.9. The average Bonchev–Trinajstić information content (AvgIpc) is 2.78. The van der Waals surface area contributed by atoms with Crippen LogP contribution in [-0.2, 0) is 4.79 Å². The Bertz CT molecular complexity index is 594. The van der Waals surface area contributed by atoms with E-state index < -0.39 is 6.04 Å². The zero-order valence-corrected chi connectivity index (χ0v) is 12.7. The number of hydrogen-bond donors (Lipinski definition) is 2. The molecule has 4 nitrogen and oxygen atoms in total. The van der Waals surface area contributed by atoms with Gasteiger partial charge in [0.25, 0.3) is 0 Å². The first-order valence-corrected chi connectivity index (χ1v) is 7.35. The van der Waals surface area contributed by atoms with Crippen molar-refractivity contribution in [3.05, 3.63) is 51.5 Å². The van der Waals surface area contributed by atoms with Crippen LogP contribution in [0.25, 0.3) is 0 Å². The highest BCUT2D eigenvalue weighted by molar-refractivity contribution is 7.11. The molecule has 0 aliphatic carbocycles. The molecule has 0 saturated heterocycles. The Morgan fingerprint density at radius 3 is 2.50 bits per heavy atom. The van der Waals surface area contributed by atoms with E-state index in [1.54, 1.807) is 11.3 Å². The summed E-state index contributed by atoms with van der Waals surface area (Å²) in [7, 11) is 0. The molecule has 0 saturated carbocycles. The highest BCUT2D eigenvalue weighted by atomic mass is 32.1. The van der Waals surface area contributed by atoms with Crippen LogP contribution in [0.2, 0.25) is 0 Å². The lowest BCUT2D eigenvalue weighted by atomic mass is 10.1. The van der Waals surface area contributed by atoms with E-state index in [4.69, 9.17) is 5.73 Å². The number of nitrogens with one attached hydrogen (secondary N) is 1. The third-order valence-corrected chi connectivity index (χ3v) is 4.39. The smallest absolute Gasteiger partial charge is 0.242 e. The number of nitrogens with two attached hydrogens (primary N) is 1. The number of aromatic nitrogens is 1. The summed E-state index contributed by atoms with van der Waals surface area (Å²) in [5, 5.41) is 3.96. The zero-order chi connectivity index (χ0) is 14.7. The molecule has 20 heavy (non-hydrogen) atoms. The van der Waals surface area contributed by atoms with Gasteiger partial charge in [0.15, 0.2) is 0 Å². The maximum absolute atomic E-state index is 12.2. The van der Waals surface area contributed by atoms with E-state index in [2.05, 4.69) is 10.3 Å². The SMILES string of the molecule is Cc1nc(C)c(C(C)NC(=O)C(N)c2ccccc2)s1. The third-order valence-electron chi connectivity index (χ3n) is 3.13. The molecule has 2 atom stereocenters. The van der Waals surface area contributed by atoms with Crippen LogP contribution < -0.4 is 11.1 Å². The van der Waals surface area contributed by atoms with Gasteiger partial charge in [-0.05, 0) is 26.3 Å². The Balaban J connectivity index is 2.06. The standard InChI is InChI=1S/C15H19N3OS/c1-9-14(20-11(3)17-9)10(2)18-15(19)13(16)12-7-5-4-6-8-12/h4-8,10,13H,16H2,1-3H3,(H,18,19). The molecule has 1 aromatic heterocycles. The van der Waals surface area contributed by atoms with E-state index in [1.165, 1.54) is 0 Å². The van der Waals surface area contributed by atoms with Gasteiger partial charge in [0.2, 0.25) is 5.91 Å². The number of hydrogen-bond acceptors (Lipinski definition) is 4. The van der Waals surface area contributed by atoms with Crippen LogP contribution in [0.3, 0.4) is 0 Å². The largest absolute Gasteiger partial charge is 0.347 e. The Labute approximate surface area is 123 Å². The summed E-state index contributed by atoms with van der Waals surface area (Å²) in [6, 6.07) is 8.65. The van der Waals surface area contributed by atoms with Crippen molar-refractivity contribution in [2.45, 2.75) is 32.9 Å². The minimum atomic E-state index is -0.645. The van der Waals surface area contributed by atoms with Gasteiger partial charge in [-0.1, -0.05) is 30.3 Å². The number of aryl methyl sites for hydroxylation is 2. The van der Waals surface area contributed by atoms with Crippen molar-refractivity contribution in [3.63, 3.8) is 0 Å². The van der Waals surface area contributed by atoms with Crippen molar-refractivity contribution >= 4 is 17.2 Å². The summed E-state index contributed by atoms with van der Waals surface area (Å²) in [6.07, 6.45) is 0. The number of rotatable bonds is 4. The highest BCUT2D eigenvalue weighted by Gasteiger charge is 2.20. The first-order chi connectivity index (χ1) is 9.49. The van der Waals surface area contributed by atoms with E-state index in [9.17, 15) is 4.79 Å². The molecule has 0 aliphatic heterocycles. The third kappa shape index (κ3) is 3.23. The summed E-state index contributed by atoms with van der Waals surface area (Å²) in [5.41, 5.74) is 7.76. The molecular formula is C15H19N3OS. The van der Waals surface area contributed by atoms with Crippen LogP contribution in [0.5, 0.6) is 0 Å². The van der Waals surface area contributed by atoms with Crippen LogP contribution >= 0.6 is 11.3 Å². The fraction of sp³-hybridized carbons (Fsp3) is 0.333. The number of carbonyl (C=O) groups excluding carboxylic acids is 1. The summed E-state index contributed by atoms with van der Waals surface area (Å²) in [6.45, 7) is 5.87. The monoisotopic (exact) mass is 289 g/mol. The van der Waals surface area contributed by atoms with E-state index in [-0.39, 0.29) is 11.9 Å². The van der Waals surface area contributed by atoms with Gasteiger partial charge in [-0.15, -0.1) is 11.3 Å². The molecule has 2 rings (SSSR count). The van der Waals surface area contributed by atoms with Crippen LogP contribution in [0.4, 0.5) is 0 Å². The van der Waals surface area contributed by atoms with Gasteiger partial charge in [-0.3, -0.25) is 4.79 Å². The second kappa shape index (κ2) is 6.15. The van der Waals surface area contributed by atoms with Gasteiger partial charge in [-0.25, -0.2) is 4.98 Å². The van der Waals surface area contributed by atoms with Gasteiger partial charge in [0.05, 0.1) is 16.7 Å². The van der Waals surface area contributed by atoms with Crippen molar-refractivity contribution in [1.82, 2.24) is 10.3 Å². The molecule has 2 unspecified atom stereocenters. The molecule has 5 heteroatoms. The van der Waals surface area contributed by atoms with Crippen LogP contribution in [0, 0.1) is 13.8 Å².